The van der Waals surface area contributed by atoms with Gasteiger partial charge in [-0.15, -0.1) is 0 Å². The van der Waals surface area contributed by atoms with Crippen LogP contribution in [-0.2, 0) is 20.4 Å². The molecule has 0 N–H and O–H groups in total. The van der Waals surface area contributed by atoms with Gasteiger partial charge < -0.3 is 29.2 Å². The van der Waals surface area contributed by atoms with Crippen molar-refractivity contribution in [2.75, 3.05) is 45.2 Å². The summed E-state index contributed by atoms with van der Waals surface area (Å²) in [6, 6.07) is 13.3. The standard InChI is InChI=1S/C43H52ClI2N3O4/c1-42(2)33-25-31(45)17-19-35(33)47(23-11-7-9-13-39(50)51)37(42)21-15-29-27-49(5,6)28-30(41(29)44)16-22-38-43(3,4)34-26-32(46)18-20-36(34)48(38)24-12-8-10-14-40(52)53/h15-22,25-26H,7-14,23-24,27-28H2,1-6H3. The number of carboxylic acid groups (broad SMARTS) is 2. The monoisotopic (exact) mass is 963 g/mol. The van der Waals surface area contributed by atoms with Gasteiger partial charge in [0.1, 0.15) is 19.6 Å². The summed E-state index contributed by atoms with van der Waals surface area (Å²) >= 11 is 12.1. The molecule has 3 heterocycles. The molecule has 0 fully saturated rings. The van der Waals surface area contributed by atoms with Gasteiger partial charge in [0.2, 0.25) is 5.69 Å². The van der Waals surface area contributed by atoms with Crippen molar-refractivity contribution in [1.82, 2.24) is 0 Å². The number of carbonyl (C=O) groups excluding carboxylic acids is 2. The number of unbranched alkanes of at least 4 members (excludes halogenated alkanes) is 4. The zero-order chi connectivity index (χ0) is 38.7. The average molecular weight is 964 g/mol. The minimum absolute atomic E-state index is 0.0957. The highest BCUT2D eigenvalue weighted by atomic mass is 127. The minimum atomic E-state index is -0.988. The van der Waals surface area contributed by atoms with Crippen molar-refractivity contribution >= 4 is 85.8 Å². The van der Waals surface area contributed by atoms with E-state index in [1.54, 1.807) is 0 Å². The third kappa shape index (κ3) is 9.67. The van der Waals surface area contributed by atoms with Crippen LogP contribution < -0.4 is 15.1 Å². The second-order valence-corrected chi connectivity index (χ2v) is 19.2. The normalized spacial score (nSPS) is 20.2. The first-order valence-corrected chi connectivity index (χ1v) is 21.2. The number of aliphatic carboxylic acids is 2. The fraction of sp³-hybridized carbons (Fsp3) is 0.465. The van der Waals surface area contributed by atoms with Crippen LogP contribution in [0, 0.1) is 7.14 Å². The number of hydrogen-bond acceptors (Lipinski definition) is 5. The van der Waals surface area contributed by atoms with Gasteiger partial charge in [-0.05, 0) is 146 Å². The first-order valence-electron chi connectivity index (χ1n) is 18.6. The van der Waals surface area contributed by atoms with Crippen molar-refractivity contribution in [2.24, 2.45) is 0 Å². The van der Waals surface area contributed by atoms with Gasteiger partial charge in [0.15, 0.2) is 5.71 Å². The summed E-state index contributed by atoms with van der Waals surface area (Å²) < 4.78 is 5.58. The zero-order valence-electron chi connectivity index (χ0n) is 31.9. The molecule has 0 bridgehead atoms. The van der Waals surface area contributed by atoms with E-state index < -0.39 is 11.9 Å². The largest absolute Gasteiger partial charge is 0.550 e. The Hall–Kier alpha value is -2.48. The molecule has 2 aromatic rings. The Morgan fingerprint density at radius 3 is 2.11 bits per heavy atom. The van der Waals surface area contributed by atoms with Gasteiger partial charge in [-0.3, -0.25) is 0 Å². The van der Waals surface area contributed by atoms with Crippen molar-refractivity contribution in [2.45, 2.75) is 89.9 Å². The van der Waals surface area contributed by atoms with Gasteiger partial charge in [0.25, 0.3) is 0 Å². The van der Waals surface area contributed by atoms with E-state index in [0.717, 1.165) is 72.5 Å². The summed E-state index contributed by atoms with van der Waals surface area (Å²) in [5, 5.41) is 22.8. The van der Waals surface area contributed by atoms with Crippen molar-refractivity contribution in [3.63, 3.8) is 0 Å². The van der Waals surface area contributed by atoms with Gasteiger partial charge in [0, 0.05) is 77.7 Å². The smallest absolute Gasteiger partial charge is 0.209 e. The van der Waals surface area contributed by atoms with Crippen LogP contribution in [0.2, 0.25) is 0 Å². The summed E-state index contributed by atoms with van der Waals surface area (Å²) in [6.45, 7) is 12.3. The summed E-state index contributed by atoms with van der Waals surface area (Å²) in [5.41, 5.74) is 9.20. The van der Waals surface area contributed by atoms with Crippen LogP contribution in [0.25, 0.3) is 0 Å². The molecule has 53 heavy (non-hydrogen) atoms. The maximum absolute atomic E-state index is 11.0. The molecule has 0 aromatic heterocycles. The summed E-state index contributed by atoms with van der Waals surface area (Å²) in [7, 11) is 4.50. The quantitative estimate of drug-likeness (QED) is 0.0794. The zero-order valence-corrected chi connectivity index (χ0v) is 36.9. The van der Waals surface area contributed by atoms with Gasteiger partial charge >= 0.3 is 0 Å². The van der Waals surface area contributed by atoms with Gasteiger partial charge in [-0.1, -0.05) is 37.9 Å². The molecule has 0 aliphatic carbocycles. The van der Waals surface area contributed by atoms with E-state index in [4.69, 9.17) is 11.6 Å². The number of halogens is 3. The van der Waals surface area contributed by atoms with Crippen molar-refractivity contribution < 1.29 is 28.9 Å². The number of nitrogens with zero attached hydrogens (tertiary/aromatic N) is 3. The van der Waals surface area contributed by atoms with Crippen molar-refractivity contribution in [3.05, 3.63) is 101 Å². The molecule has 0 saturated carbocycles. The molecule has 0 amide bonds. The van der Waals surface area contributed by atoms with Crippen LogP contribution in [-0.4, -0.2) is 67.0 Å². The molecule has 3 aliphatic heterocycles. The third-order valence-electron chi connectivity index (χ3n) is 10.9. The Morgan fingerprint density at radius 1 is 0.830 bits per heavy atom. The molecule has 0 spiro atoms. The molecule has 5 rings (SSSR count). The molecule has 10 heteroatoms. The lowest BCUT2D eigenvalue weighted by Crippen LogP contribution is -2.45. The molecule has 0 atom stereocenters. The molecule has 0 unspecified atom stereocenters. The highest BCUT2D eigenvalue weighted by Gasteiger charge is 2.44. The lowest BCUT2D eigenvalue weighted by molar-refractivity contribution is -0.881. The van der Waals surface area contributed by atoms with Gasteiger partial charge in [-0.25, -0.2) is 0 Å². The second-order valence-electron chi connectivity index (χ2n) is 16.3. The second kappa shape index (κ2) is 17.1. The number of benzene rings is 2. The van der Waals surface area contributed by atoms with Crippen LogP contribution in [0.3, 0.4) is 0 Å². The van der Waals surface area contributed by atoms with Crippen molar-refractivity contribution in [1.29, 1.82) is 0 Å². The Balaban J connectivity index is 1.49. The molecule has 284 valence electrons. The summed E-state index contributed by atoms with van der Waals surface area (Å²) in [5.74, 6) is -1.98. The van der Waals surface area contributed by atoms with Crippen LogP contribution in [0.4, 0.5) is 11.4 Å². The Kier molecular flexibility index (Phi) is 13.5. The molecule has 3 aliphatic rings. The average Bonchev–Trinajstić information content (AvgIpc) is 3.40. The molecule has 0 saturated heterocycles. The van der Waals surface area contributed by atoms with Crippen LogP contribution in [0.5, 0.6) is 0 Å². The summed E-state index contributed by atoms with van der Waals surface area (Å²) in [4.78, 5) is 24.4. The van der Waals surface area contributed by atoms with E-state index in [0.29, 0.717) is 12.8 Å². The number of fused-ring (bicyclic) bond motifs is 2. The number of rotatable bonds is 15. The van der Waals surface area contributed by atoms with Gasteiger partial charge in [-0.2, -0.15) is 4.58 Å². The van der Waals surface area contributed by atoms with E-state index in [2.05, 4.69) is 157 Å². The highest BCUT2D eigenvalue weighted by molar-refractivity contribution is 14.1. The minimum Gasteiger partial charge on any atom is -0.550 e. The molecular formula is C43H52ClI2N3O4. The van der Waals surface area contributed by atoms with Gasteiger partial charge in [0.05, 0.1) is 24.5 Å². The first kappa shape index (κ1) is 41.7. The third-order valence-corrected chi connectivity index (χ3v) is 12.7. The number of quaternary nitrogens is 1. The number of likely N-dealkylation sites (N-methyl/N-ethyl adjacent to an activating group) is 1. The van der Waals surface area contributed by atoms with E-state index >= 15 is 0 Å². The fourth-order valence-electron chi connectivity index (χ4n) is 8.14. The summed E-state index contributed by atoms with van der Waals surface area (Å²) in [6.07, 6.45) is 13.8. The molecular weight excluding hydrogens is 912 g/mol. The Bertz CT molecular complexity index is 1920. The van der Waals surface area contributed by atoms with E-state index in [1.807, 2.05) is 0 Å². The Labute approximate surface area is 348 Å². The predicted octanol–water partition coefficient (Wildman–Crippen LogP) is 7.64. The number of allylic oxidation sites excluding steroid dienone is 4. The lowest BCUT2D eigenvalue weighted by atomic mass is 9.81. The van der Waals surface area contributed by atoms with Crippen LogP contribution in [0.1, 0.15) is 90.2 Å². The molecule has 7 nitrogen and oxygen atoms in total. The fourth-order valence-corrected chi connectivity index (χ4v) is 9.37. The predicted molar refractivity (Wildman–Crippen MR) is 228 cm³/mol. The Morgan fingerprint density at radius 2 is 1.45 bits per heavy atom. The highest BCUT2D eigenvalue weighted by Crippen LogP contribution is 2.48. The van der Waals surface area contributed by atoms with E-state index in [1.165, 1.54) is 41.1 Å². The molecule has 0 radical (unpaired) electrons. The lowest BCUT2D eigenvalue weighted by Gasteiger charge is -2.35. The maximum atomic E-state index is 11.0. The van der Waals surface area contributed by atoms with E-state index in [-0.39, 0.29) is 23.7 Å². The first-order chi connectivity index (χ1) is 24.9. The van der Waals surface area contributed by atoms with Crippen molar-refractivity contribution in [3.8, 4) is 0 Å². The number of carboxylic acids is 2. The topological polar surface area (TPSA) is 86.5 Å². The van der Waals surface area contributed by atoms with E-state index in [9.17, 15) is 19.8 Å². The number of carbonyl (C=O) groups is 2. The van der Waals surface area contributed by atoms with Crippen LogP contribution in [0.15, 0.2) is 82.6 Å². The van der Waals surface area contributed by atoms with Crippen LogP contribution >= 0.6 is 56.8 Å². The number of anilines is 1. The SMILES string of the molecule is CC1(C)C(=C/C=C2\C[N+](C)(C)CC(/C=C/C3=[N+](CCCCCC(=O)[O-])c4ccc(I)cc4C3(C)C)=C2Cl)N(CCCCCC(=O)[O-])c2ccc(I)cc21. The maximum Gasteiger partial charge on any atom is 0.209 e. The number of hydrogen-bond donors (Lipinski definition) is 0. The molecule has 2 aromatic carbocycles.